The average molecular weight is 343 g/mol. The van der Waals surface area contributed by atoms with E-state index in [9.17, 15) is 4.79 Å². The van der Waals surface area contributed by atoms with E-state index in [0.29, 0.717) is 5.57 Å². The van der Waals surface area contributed by atoms with Crippen molar-refractivity contribution in [2.75, 3.05) is 0 Å². The van der Waals surface area contributed by atoms with Gasteiger partial charge in [0.1, 0.15) is 0 Å². The second-order valence-corrected chi connectivity index (χ2v) is 6.42. The molecule has 0 saturated carbocycles. The van der Waals surface area contributed by atoms with Crippen molar-refractivity contribution in [2.24, 2.45) is 10.7 Å². The molecule has 0 aliphatic rings. The van der Waals surface area contributed by atoms with Crippen molar-refractivity contribution in [1.82, 2.24) is 0 Å². The molecule has 1 amide bonds. The Bertz CT molecular complexity index is 664. The summed E-state index contributed by atoms with van der Waals surface area (Å²) in [5.74, 6) is -0.426. The van der Waals surface area contributed by atoms with E-state index in [2.05, 4.69) is 25.8 Å². The highest BCUT2D eigenvalue weighted by Gasteiger charge is 2.16. The standard InChI is InChI=1S/C22H34N2O/c1-9-16(6)18(8)24-14-19(11-3)21(17(7)10-2)20(22(23)25)13-12-15(4)5/h11-14H,9-10H2,1-8H3,(H2,23,25)/b18-16?,19-11+,20-13+,21-17?,24-14?. The van der Waals surface area contributed by atoms with Crippen LogP contribution in [0.3, 0.4) is 0 Å². The van der Waals surface area contributed by atoms with Gasteiger partial charge in [0.05, 0.1) is 0 Å². The minimum atomic E-state index is -0.426. The van der Waals surface area contributed by atoms with Crippen LogP contribution in [0.4, 0.5) is 0 Å². The largest absolute Gasteiger partial charge is 0.366 e. The topological polar surface area (TPSA) is 55.4 Å². The van der Waals surface area contributed by atoms with Gasteiger partial charge in [0.2, 0.25) is 5.91 Å². The van der Waals surface area contributed by atoms with Crippen LogP contribution in [0.1, 0.15) is 68.2 Å². The minimum Gasteiger partial charge on any atom is -0.366 e. The molecular weight excluding hydrogens is 308 g/mol. The number of carbonyl (C=O) groups excluding carboxylic acids is 1. The summed E-state index contributed by atoms with van der Waals surface area (Å²) in [6.07, 6.45) is 9.35. The van der Waals surface area contributed by atoms with E-state index in [4.69, 9.17) is 5.73 Å². The molecule has 3 nitrogen and oxygen atoms in total. The van der Waals surface area contributed by atoms with Gasteiger partial charge in [0.15, 0.2) is 0 Å². The number of carbonyl (C=O) groups is 1. The molecule has 0 aromatic rings. The molecule has 0 saturated heterocycles. The Kier molecular flexibility index (Phi) is 10.4. The van der Waals surface area contributed by atoms with Gasteiger partial charge in [0.25, 0.3) is 0 Å². The first-order chi connectivity index (χ1) is 11.7. The Morgan fingerprint density at radius 3 is 1.92 bits per heavy atom. The minimum absolute atomic E-state index is 0.426. The van der Waals surface area contributed by atoms with Crippen LogP contribution in [-0.4, -0.2) is 12.1 Å². The summed E-state index contributed by atoms with van der Waals surface area (Å²) >= 11 is 0. The molecule has 0 unspecified atom stereocenters. The number of rotatable bonds is 8. The van der Waals surface area contributed by atoms with Gasteiger partial charge in [0, 0.05) is 17.5 Å². The molecule has 0 rings (SSSR count). The molecular formula is C22H34N2O. The van der Waals surface area contributed by atoms with E-state index in [-0.39, 0.29) is 0 Å². The van der Waals surface area contributed by atoms with Crippen molar-refractivity contribution in [2.45, 2.75) is 68.2 Å². The molecule has 2 N–H and O–H groups in total. The van der Waals surface area contributed by atoms with E-state index in [1.165, 1.54) is 5.57 Å². The Morgan fingerprint density at radius 2 is 1.52 bits per heavy atom. The quantitative estimate of drug-likeness (QED) is 0.338. The SMILES string of the molecule is C/C=C(\C=NC(C)=C(C)CC)C(=C(C)CC)/C(=C\C=C(C)C)C(N)=O. The number of hydrogen-bond donors (Lipinski definition) is 1. The second kappa shape index (κ2) is 11.4. The monoisotopic (exact) mass is 342 g/mol. The maximum atomic E-state index is 12.1. The Morgan fingerprint density at radius 1 is 0.960 bits per heavy atom. The molecule has 0 aliphatic heterocycles. The number of primary amides is 1. The van der Waals surface area contributed by atoms with E-state index in [1.807, 2.05) is 59.1 Å². The predicted octanol–water partition coefficient (Wildman–Crippen LogP) is 5.81. The number of hydrogen-bond acceptors (Lipinski definition) is 2. The van der Waals surface area contributed by atoms with Gasteiger partial charge in [-0.2, -0.15) is 0 Å². The number of allylic oxidation sites excluding steroid dienone is 8. The van der Waals surface area contributed by atoms with Crippen LogP contribution in [0, 0.1) is 0 Å². The first kappa shape index (κ1) is 22.8. The van der Waals surface area contributed by atoms with E-state index in [0.717, 1.165) is 40.8 Å². The first-order valence-corrected chi connectivity index (χ1v) is 8.91. The third-order valence-electron chi connectivity index (χ3n) is 4.22. The molecule has 0 bridgehead atoms. The van der Waals surface area contributed by atoms with E-state index < -0.39 is 5.91 Å². The highest BCUT2D eigenvalue weighted by atomic mass is 16.1. The van der Waals surface area contributed by atoms with Crippen molar-refractivity contribution >= 4 is 12.1 Å². The molecule has 0 aromatic carbocycles. The van der Waals surface area contributed by atoms with Crippen LogP contribution < -0.4 is 5.73 Å². The zero-order valence-electron chi connectivity index (χ0n) is 17.2. The summed E-state index contributed by atoms with van der Waals surface area (Å²) in [7, 11) is 0. The van der Waals surface area contributed by atoms with E-state index >= 15 is 0 Å². The van der Waals surface area contributed by atoms with Crippen LogP contribution in [0.5, 0.6) is 0 Å². The summed E-state index contributed by atoms with van der Waals surface area (Å²) in [5.41, 5.74) is 12.5. The molecule has 0 atom stereocenters. The molecule has 0 heterocycles. The zero-order valence-corrected chi connectivity index (χ0v) is 17.2. The summed E-state index contributed by atoms with van der Waals surface area (Å²) in [4.78, 5) is 16.7. The highest BCUT2D eigenvalue weighted by molar-refractivity contribution is 6.02. The molecule has 25 heavy (non-hydrogen) atoms. The van der Waals surface area contributed by atoms with Crippen LogP contribution in [-0.2, 0) is 4.79 Å². The van der Waals surface area contributed by atoms with Crippen LogP contribution in [0.2, 0.25) is 0 Å². The third kappa shape index (κ3) is 7.51. The van der Waals surface area contributed by atoms with Crippen molar-refractivity contribution < 1.29 is 4.79 Å². The Labute approximate surface area is 153 Å². The van der Waals surface area contributed by atoms with Crippen LogP contribution in [0.15, 0.2) is 62.4 Å². The summed E-state index contributed by atoms with van der Waals surface area (Å²) < 4.78 is 0. The zero-order chi connectivity index (χ0) is 19.6. The Balaban J connectivity index is 6.30. The summed E-state index contributed by atoms with van der Waals surface area (Å²) in [6, 6.07) is 0. The van der Waals surface area contributed by atoms with Gasteiger partial charge in [-0.25, -0.2) is 0 Å². The fourth-order valence-electron chi connectivity index (χ4n) is 2.16. The molecule has 0 radical (unpaired) electrons. The van der Waals surface area contributed by atoms with Crippen molar-refractivity contribution in [3.05, 3.63) is 57.4 Å². The van der Waals surface area contributed by atoms with Gasteiger partial charge in [-0.3, -0.25) is 9.79 Å². The van der Waals surface area contributed by atoms with Gasteiger partial charge in [-0.15, -0.1) is 0 Å². The van der Waals surface area contributed by atoms with Gasteiger partial charge in [-0.05, 0) is 71.6 Å². The van der Waals surface area contributed by atoms with Crippen LogP contribution in [0.25, 0.3) is 0 Å². The molecule has 0 aliphatic carbocycles. The molecule has 138 valence electrons. The average Bonchev–Trinajstić information content (AvgIpc) is 2.58. The number of aliphatic imine (C=N–C) groups is 1. The van der Waals surface area contributed by atoms with Gasteiger partial charge in [-0.1, -0.05) is 42.7 Å². The predicted molar refractivity (Wildman–Crippen MR) is 111 cm³/mol. The Hall–Kier alpha value is -2.16. The molecule has 3 heteroatoms. The summed E-state index contributed by atoms with van der Waals surface area (Å²) in [5, 5.41) is 0. The normalized spacial score (nSPS) is 15.0. The lowest BCUT2D eigenvalue weighted by Crippen LogP contribution is -2.17. The fraction of sp³-hybridized carbons (Fsp3) is 0.455. The van der Waals surface area contributed by atoms with Crippen LogP contribution >= 0.6 is 0 Å². The lowest BCUT2D eigenvalue weighted by molar-refractivity contribution is -0.114. The van der Waals surface area contributed by atoms with E-state index in [1.54, 1.807) is 0 Å². The lowest BCUT2D eigenvalue weighted by Gasteiger charge is -2.14. The van der Waals surface area contributed by atoms with Gasteiger partial charge >= 0.3 is 0 Å². The van der Waals surface area contributed by atoms with Crippen molar-refractivity contribution in [3.63, 3.8) is 0 Å². The second-order valence-electron chi connectivity index (χ2n) is 6.42. The molecule has 0 fully saturated rings. The molecule has 0 aromatic heterocycles. The lowest BCUT2D eigenvalue weighted by atomic mass is 9.91. The number of nitrogens with zero attached hydrogens (tertiary/aromatic N) is 1. The number of nitrogens with two attached hydrogens (primary N) is 1. The molecule has 0 spiro atoms. The van der Waals surface area contributed by atoms with Crippen molar-refractivity contribution in [1.29, 1.82) is 0 Å². The smallest absolute Gasteiger partial charge is 0.249 e. The number of amides is 1. The maximum Gasteiger partial charge on any atom is 0.249 e. The fourth-order valence-corrected chi connectivity index (χ4v) is 2.16. The first-order valence-electron chi connectivity index (χ1n) is 8.91. The third-order valence-corrected chi connectivity index (χ3v) is 4.22. The highest BCUT2D eigenvalue weighted by Crippen LogP contribution is 2.25. The maximum absolute atomic E-state index is 12.1. The summed E-state index contributed by atoms with van der Waals surface area (Å²) in [6.45, 7) is 16.3. The van der Waals surface area contributed by atoms with Gasteiger partial charge < -0.3 is 5.73 Å². The van der Waals surface area contributed by atoms with Crippen molar-refractivity contribution in [3.8, 4) is 0 Å².